The Morgan fingerprint density at radius 2 is 1.20 bits per heavy atom. The molecule has 242 valence electrons. The molecule has 9 N–H and O–H groups in total. The first-order chi connectivity index (χ1) is 21.2. The lowest BCUT2D eigenvalue weighted by Gasteiger charge is -2.37. The predicted molar refractivity (Wildman–Crippen MR) is 168 cm³/mol. The number of nitrogens with one attached hydrogen (secondary N) is 1. The highest BCUT2D eigenvalue weighted by Crippen LogP contribution is 2.33. The summed E-state index contributed by atoms with van der Waals surface area (Å²) in [6.07, 6.45) is 1.43. The highest BCUT2D eigenvalue weighted by atomic mass is 32.2. The van der Waals surface area contributed by atoms with Crippen LogP contribution in [0, 0.1) is 0 Å². The number of sulfonamides is 1. The van der Waals surface area contributed by atoms with Crippen molar-refractivity contribution in [3.05, 3.63) is 18.2 Å². The molecular weight excluding hydrogens is 588 g/mol. The van der Waals surface area contributed by atoms with E-state index in [1.165, 1.54) is 4.31 Å². The number of piperidine rings is 2. The van der Waals surface area contributed by atoms with Gasteiger partial charge in [0, 0.05) is 82.2 Å². The second-order valence-electron chi connectivity index (χ2n) is 12.0. The molecule has 2 aromatic rings. The standard InChI is InChI=1S/C27H44N12O4S/c28-18-11-19(29)15-37(14-18)26-33-25(34-27(35-26)38-16-20(30)12-21(31)17-38)32-22-1-2-23(36-3-7-42-8-4-36)24(13-22)44(40,41)39-5-9-43-10-6-39/h1-2,13,18-21H,3-12,14-17,28-31H2,(H,32,33,34,35). The molecule has 4 aliphatic rings. The van der Waals surface area contributed by atoms with E-state index in [2.05, 4.69) is 5.32 Å². The van der Waals surface area contributed by atoms with Crippen LogP contribution in [0.3, 0.4) is 0 Å². The summed E-state index contributed by atoms with van der Waals surface area (Å²) in [5, 5.41) is 3.26. The minimum Gasteiger partial charge on any atom is -0.379 e. The average Bonchev–Trinajstić information content (AvgIpc) is 3.01. The van der Waals surface area contributed by atoms with Crippen molar-refractivity contribution in [2.75, 3.05) is 98.8 Å². The van der Waals surface area contributed by atoms with Gasteiger partial charge in [-0.2, -0.15) is 19.3 Å². The molecule has 16 nitrogen and oxygen atoms in total. The van der Waals surface area contributed by atoms with Crippen LogP contribution < -0.4 is 43.0 Å². The number of anilines is 5. The van der Waals surface area contributed by atoms with E-state index < -0.39 is 10.0 Å². The van der Waals surface area contributed by atoms with Gasteiger partial charge >= 0.3 is 0 Å². The minimum atomic E-state index is -3.83. The molecule has 6 rings (SSSR count). The number of benzene rings is 1. The van der Waals surface area contributed by atoms with E-state index in [0.717, 1.165) is 0 Å². The number of hydrogen-bond acceptors (Lipinski definition) is 15. The van der Waals surface area contributed by atoms with Crippen LogP contribution in [0.25, 0.3) is 0 Å². The van der Waals surface area contributed by atoms with Crippen molar-refractivity contribution in [1.82, 2.24) is 19.3 Å². The fourth-order valence-electron chi connectivity index (χ4n) is 6.30. The first-order valence-corrected chi connectivity index (χ1v) is 16.7. The van der Waals surface area contributed by atoms with Crippen LogP contribution in [-0.4, -0.2) is 131 Å². The molecule has 5 heterocycles. The molecule has 0 radical (unpaired) electrons. The van der Waals surface area contributed by atoms with Crippen molar-refractivity contribution < 1.29 is 17.9 Å². The van der Waals surface area contributed by atoms with Gasteiger partial charge in [0.05, 0.1) is 32.1 Å². The zero-order valence-corrected chi connectivity index (χ0v) is 25.7. The fourth-order valence-corrected chi connectivity index (χ4v) is 7.94. The van der Waals surface area contributed by atoms with Crippen LogP contribution in [-0.2, 0) is 19.5 Å². The smallest absolute Gasteiger partial charge is 0.245 e. The Balaban J connectivity index is 1.36. The van der Waals surface area contributed by atoms with E-state index in [4.69, 9.17) is 47.4 Å². The Morgan fingerprint density at radius 3 is 1.73 bits per heavy atom. The van der Waals surface area contributed by atoms with Crippen LogP contribution in [0.1, 0.15) is 12.8 Å². The van der Waals surface area contributed by atoms with Gasteiger partial charge in [-0.1, -0.05) is 0 Å². The Kier molecular flexibility index (Phi) is 9.34. The second-order valence-corrected chi connectivity index (χ2v) is 13.9. The second kappa shape index (κ2) is 13.2. The van der Waals surface area contributed by atoms with Crippen molar-refractivity contribution in [3.8, 4) is 0 Å². The van der Waals surface area contributed by atoms with Gasteiger partial charge in [-0.15, -0.1) is 0 Å². The molecule has 44 heavy (non-hydrogen) atoms. The monoisotopic (exact) mass is 632 g/mol. The largest absolute Gasteiger partial charge is 0.379 e. The molecule has 0 aliphatic carbocycles. The molecule has 1 aromatic heterocycles. The lowest BCUT2D eigenvalue weighted by molar-refractivity contribution is 0.0730. The molecule has 4 saturated heterocycles. The number of morpholine rings is 2. The van der Waals surface area contributed by atoms with Crippen LogP contribution in [0.4, 0.5) is 29.2 Å². The molecule has 0 amide bonds. The average molecular weight is 633 g/mol. The normalized spacial score (nSPS) is 27.4. The third-order valence-corrected chi connectivity index (χ3v) is 10.3. The minimum absolute atomic E-state index is 0.118. The number of aromatic nitrogens is 3. The van der Waals surface area contributed by atoms with Crippen molar-refractivity contribution in [2.45, 2.75) is 41.9 Å². The van der Waals surface area contributed by atoms with Gasteiger partial charge in [-0.3, -0.25) is 0 Å². The summed E-state index contributed by atoms with van der Waals surface area (Å²) in [5.74, 6) is 1.13. The fraction of sp³-hybridized carbons (Fsp3) is 0.667. The van der Waals surface area contributed by atoms with E-state index in [1.807, 2.05) is 26.8 Å². The van der Waals surface area contributed by atoms with Gasteiger partial charge < -0.3 is 52.4 Å². The number of nitrogens with zero attached hydrogens (tertiary/aromatic N) is 7. The predicted octanol–water partition coefficient (Wildman–Crippen LogP) is -1.80. The molecule has 4 atom stereocenters. The Morgan fingerprint density at radius 1 is 0.705 bits per heavy atom. The Bertz CT molecular complexity index is 1340. The first-order valence-electron chi connectivity index (χ1n) is 15.3. The zero-order valence-electron chi connectivity index (χ0n) is 24.9. The highest BCUT2D eigenvalue weighted by molar-refractivity contribution is 7.89. The molecule has 0 bridgehead atoms. The van der Waals surface area contributed by atoms with Crippen LogP contribution in [0.2, 0.25) is 0 Å². The summed E-state index contributed by atoms with van der Waals surface area (Å²) < 4.78 is 40.4. The van der Waals surface area contributed by atoms with Gasteiger partial charge in [0.2, 0.25) is 27.9 Å². The third-order valence-electron chi connectivity index (χ3n) is 8.36. The molecule has 4 unspecified atom stereocenters. The van der Waals surface area contributed by atoms with Gasteiger partial charge in [0.15, 0.2) is 0 Å². The van der Waals surface area contributed by atoms with Crippen LogP contribution >= 0.6 is 0 Å². The topological polar surface area (TPSA) is 220 Å². The summed E-state index contributed by atoms with van der Waals surface area (Å²) in [4.78, 5) is 20.5. The number of rotatable bonds is 7. The lowest BCUT2D eigenvalue weighted by Crippen LogP contribution is -2.54. The SMILES string of the molecule is NC1CC(N)CN(c2nc(Nc3ccc(N4CCOCC4)c(S(=O)(=O)N4CCOCC4)c3)nc(N3CC(N)CC(N)C3)n2)C1. The number of hydrogen-bond donors (Lipinski definition) is 5. The zero-order chi connectivity index (χ0) is 30.8. The van der Waals surface area contributed by atoms with Gasteiger partial charge in [0.1, 0.15) is 4.90 Å². The maximum absolute atomic E-state index is 14.0. The highest BCUT2D eigenvalue weighted by Gasteiger charge is 2.32. The summed E-state index contributed by atoms with van der Waals surface area (Å²) in [5.41, 5.74) is 26.3. The molecule has 17 heteroatoms. The van der Waals surface area contributed by atoms with Crippen LogP contribution in [0.15, 0.2) is 23.1 Å². The van der Waals surface area contributed by atoms with E-state index in [1.54, 1.807) is 6.07 Å². The molecule has 4 aliphatic heterocycles. The van der Waals surface area contributed by atoms with E-state index >= 15 is 0 Å². The van der Waals surface area contributed by atoms with Crippen molar-refractivity contribution >= 4 is 39.2 Å². The molecule has 1 aromatic carbocycles. The molecular formula is C27H44N12O4S. The van der Waals surface area contributed by atoms with Crippen molar-refractivity contribution in [2.24, 2.45) is 22.9 Å². The van der Waals surface area contributed by atoms with Gasteiger partial charge in [-0.05, 0) is 31.0 Å². The van der Waals surface area contributed by atoms with E-state index in [-0.39, 0.29) is 35.0 Å². The van der Waals surface area contributed by atoms with E-state index in [0.29, 0.717) is 115 Å². The summed E-state index contributed by atoms with van der Waals surface area (Å²) in [6, 6.07) is 4.85. The number of nitrogens with two attached hydrogens (primary N) is 4. The summed E-state index contributed by atoms with van der Waals surface area (Å²) in [6.45, 7) is 5.74. The van der Waals surface area contributed by atoms with Gasteiger partial charge in [0.25, 0.3) is 0 Å². The van der Waals surface area contributed by atoms with Gasteiger partial charge in [-0.25, -0.2) is 8.42 Å². The summed E-state index contributed by atoms with van der Waals surface area (Å²) >= 11 is 0. The summed E-state index contributed by atoms with van der Waals surface area (Å²) in [7, 11) is -3.83. The molecule has 0 spiro atoms. The quantitative estimate of drug-likeness (QED) is 0.227. The Hall–Kier alpha value is -2.90. The maximum atomic E-state index is 14.0. The molecule has 0 saturated carbocycles. The van der Waals surface area contributed by atoms with Crippen molar-refractivity contribution in [1.29, 1.82) is 0 Å². The number of ether oxygens (including phenoxy) is 2. The van der Waals surface area contributed by atoms with Crippen molar-refractivity contribution in [3.63, 3.8) is 0 Å². The lowest BCUT2D eigenvalue weighted by atomic mass is 10.0. The maximum Gasteiger partial charge on any atom is 0.245 e. The third kappa shape index (κ3) is 6.99. The van der Waals surface area contributed by atoms with E-state index in [9.17, 15) is 8.42 Å². The van der Waals surface area contributed by atoms with Crippen LogP contribution in [0.5, 0.6) is 0 Å². The molecule has 4 fully saturated rings. The first kappa shape index (κ1) is 31.1. The Labute approximate surface area is 258 Å².